The lowest BCUT2D eigenvalue weighted by Gasteiger charge is -2.13. The van der Waals surface area contributed by atoms with Gasteiger partial charge in [-0.05, 0) is 56.7 Å². The third kappa shape index (κ3) is 3.54. The zero-order valence-electron chi connectivity index (χ0n) is 15.2. The summed E-state index contributed by atoms with van der Waals surface area (Å²) in [5.41, 5.74) is 5.77. The van der Waals surface area contributed by atoms with Crippen LogP contribution in [0.1, 0.15) is 34.2 Å². The monoisotopic (exact) mass is 348 g/mol. The van der Waals surface area contributed by atoms with Gasteiger partial charge in [0.25, 0.3) is 5.91 Å². The van der Waals surface area contributed by atoms with Gasteiger partial charge in [-0.25, -0.2) is 9.97 Å². The zero-order valence-corrected chi connectivity index (χ0v) is 15.2. The number of aromatic nitrogens is 2. The summed E-state index contributed by atoms with van der Waals surface area (Å²) in [6, 6.07) is 10.6. The molecular weight excluding hydrogens is 328 g/mol. The van der Waals surface area contributed by atoms with E-state index >= 15 is 0 Å². The summed E-state index contributed by atoms with van der Waals surface area (Å²) in [5, 5.41) is 5.65. The van der Waals surface area contributed by atoms with Gasteiger partial charge in [-0.15, -0.1) is 0 Å². The fourth-order valence-corrected chi connectivity index (χ4v) is 2.66. The number of rotatable bonds is 3. The predicted octanol–water partition coefficient (Wildman–Crippen LogP) is 3.77. The van der Waals surface area contributed by atoms with Crippen LogP contribution in [-0.2, 0) is 4.79 Å². The number of carbonyl (C=O) groups is 2. The Kier molecular flexibility index (Phi) is 4.67. The quantitative estimate of drug-likeness (QED) is 0.755. The number of hydrogen-bond acceptors (Lipinski definition) is 4. The van der Waals surface area contributed by atoms with Crippen molar-refractivity contribution in [1.29, 1.82) is 0 Å². The van der Waals surface area contributed by atoms with E-state index in [0.29, 0.717) is 22.5 Å². The van der Waals surface area contributed by atoms with Crippen molar-refractivity contribution in [1.82, 2.24) is 9.97 Å². The SMILES string of the molecule is CC(=O)Nc1cccc(NC(=O)c2ccc3nc(C)c(C)nc3c2)c1C. The number of anilines is 2. The van der Waals surface area contributed by atoms with Gasteiger partial charge in [0.05, 0.1) is 22.4 Å². The highest BCUT2D eigenvalue weighted by Crippen LogP contribution is 2.24. The van der Waals surface area contributed by atoms with Crippen LogP contribution in [0, 0.1) is 20.8 Å². The summed E-state index contributed by atoms with van der Waals surface area (Å²) in [6.07, 6.45) is 0. The number of hydrogen-bond donors (Lipinski definition) is 2. The topological polar surface area (TPSA) is 84.0 Å². The van der Waals surface area contributed by atoms with E-state index in [1.54, 1.807) is 36.4 Å². The molecule has 3 rings (SSSR count). The van der Waals surface area contributed by atoms with Crippen molar-refractivity contribution in [2.45, 2.75) is 27.7 Å². The molecule has 132 valence electrons. The number of aryl methyl sites for hydroxylation is 2. The molecule has 0 saturated carbocycles. The largest absolute Gasteiger partial charge is 0.326 e. The van der Waals surface area contributed by atoms with E-state index in [9.17, 15) is 9.59 Å². The van der Waals surface area contributed by atoms with Gasteiger partial charge in [0.2, 0.25) is 5.91 Å². The highest BCUT2D eigenvalue weighted by atomic mass is 16.2. The van der Waals surface area contributed by atoms with Crippen LogP contribution in [0.4, 0.5) is 11.4 Å². The average molecular weight is 348 g/mol. The molecule has 0 aliphatic carbocycles. The fourth-order valence-electron chi connectivity index (χ4n) is 2.66. The summed E-state index contributed by atoms with van der Waals surface area (Å²) >= 11 is 0. The molecule has 0 atom stereocenters. The molecular formula is C20H20N4O2. The van der Waals surface area contributed by atoms with Crippen molar-refractivity contribution in [3.63, 3.8) is 0 Å². The Morgan fingerprint density at radius 3 is 2.12 bits per heavy atom. The van der Waals surface area contributed by atoms with Crippen LogP contribution in [0.5, 0.6) is 0 Å². The minimum Gasteiger partial charge on any atom is -0.326 e. The molecule has 1 aromatic heterocycles. The number of amides is 2. The van der Waals surface area contributed by atoms with Crippen molar-refractivity contribution < 1.29 is 9.59 Å². The smallest absolute Gasteiger partial charge is 0.255 e. The number of nitrogens with one attached hydrogen (secondary N) is 2. The van der Waals surface area contributed by atoms with E-state index in [4.69, 9.17) is 0 Å². The lowest BCUT2D eigenvalue weighted by molar-refractivity contribution is -0.114. The number of fused-ring (bicyclic) bond motifs is 1. The van der Waals surface area contributed by atoms with Crippen molar-refractivity contribution in [3.05, 3.63) is 58.9 Å². The Morgan fingerprint density at radius 2 is 1.46 bits per heavy atom. The predicted molar refractivity (Wildman–Crippen MR) is 102 cm³/mol. The van der Waals surface area contributed by atoms with Gasteiger partial charge >= 0.3 is 0 Å². The molecule has 2 N–H and O–H groups in total. The standard InChI is InChI=1S/C20H20N4O2/c1-11-16(23-14(4)25)6-5-7-17(11)24-20(26)15-8-9-18-19(10-15)22-13(3)12(2)21-18/h5-10H,1-4H3,(H,23,25)(H,24,26). The maximum absolute atomic E-state index is 12.6. The van der Waals surface area contributed by atoms with Crippen LogP contribution in [-0.4, -0.2) is 21.8 Å². The van der Waals surface area contributed by atoms with Gasteiger partial charge in [-0.1, -0.05) is 6.07 Å². The van der Waals surface area contributed by atoms with Gasteiger partial charge in [0.15, 0.2) is 0 Å². The molecule has 6 heteroatoms. The Labute approximate surface area is 151 Å². The van der Waals surface area contributed by atoms with Crippen LogP contribution in [0.3, 0.4) is 0 Å². The minimum atomic E-state index is -0.241. The molecule has 0 fully saturated rings. The second-order valence-electron chi connectivity index (χ2n) is 6.21. The minimum absolute atomic E-state index is 0.157. The van der Waals surface area contributed by atoms with Crippen LogP contribution < -0.4 is 10.6 Å². The first kappa shape index (κ1) is 17.5. The van der Waals surface area contributed by atoms with Gasteiger partial charge < -0.3 is 10.6 Å². The number of nitrogens with zero attached hydrogens (tertiary/aromatic N) is 2. The summed E-state index contributed by atoms with van der Waals surface area (Å²) < 4.78 is 0. The lowest BCUT2D eigenvalue weighted by Crippen LogP contribution is -2.14. The van der Waals surface area contributed by atoms with Crippen LogP contribution in [0.25, 0.3) is 11.0 Å². The summed E-state index contributed by atoms with van der Waals surface area (Å²) in [5.74, 6) is -0.398. The molecule has 1 heterocycles. The summed E-state index contributed by atoms with van der Waals surface area (Å²) in [7, 11) is 0. The summed E-state index contributed by atoms with van der Waals surface area (Å²) in [6.45, 7) is 7.10. The highest BCUT2D eigenvalue weighted by Gasteiger charge is 2.12. The van der Waals surface area contributed by atoms with Crippen LogP contribution >= 0.6 is 0 Å². The molecule has 26 heavy (non-hydrogen) atoms. The average Bonchev–Trinajstić information content (AvgIpc) is 2.58. The normalized spacial score (nSPS) is 10.6. The van der Waals surface area contributed by atoms with E-state index in [0.717, 1.165) is 22.5 Å². The molecule has 0 radical (unpaired) electrons. The first-order valence-electron chi connectivity index (χ1n) is 8.28. The molecule has 3 aromatic rings. The van der Waals surface area contributed by atoms with Crippen molar-refractivity contribution in [2.24, 2.45) is 0 Å². The van der Waals surface area contributed by atoms with Crippen molar-refractivity contribution >= 4 is 34.2 Å². The van der Waals surface area contributed by atoms with Crippen LogP contribution in [0.2, 0.25) is 0 Å². The lowest BCUT2D eigenvalue weighted by atomic mass is 10.1. The second-order valence-corrected chi connectivity index (χ2v) is 6.21. The van der Waals surface area contributed by atoms with E-state index in [2.05, 4.69) is 20.6 Å². The van der Waals surface area contributed by atoms with Gasteiger partial charge in [-0.3, -0.25) is 9.59 Å². The molecule has 0 spiro atoms. The van der Waals surface area contributed by atoms with E-state index < -0.39 is 0 Å². The molecule has 2 amide bonds. The zero-order chi connectivity index (χ0) is 18.8. The number of benzene rings is 2. The maximum atomic E-state index is 12.6. The van der Waals surface area contributed by atoms with E-state index in [1.807, 2.05) is 20.8 Å². The fraction of sp³-hybridized carbons (Fsp3) is 0.200. The van der Waals surface area contributed by atoms with Crippen LogP contribution in [0.15, 0.2) is 36.4 Å². The van der Waals surface area contributed by atoms with E-state index in [1.165, 1.54) is 6.92 Å². The molecule has 0 aliphatic heterocycles. The third-order valence-corrected chi connectivity index (χ3v) is 4.23. The molecule has 6 nitrogen and oxygen atoms in total. The Balaban J connectivity index is 1.90. The molecule has 0 bridgehead atoms. The van der Waals surface area contributed by atoms with Crippen molar-refractivity contribution in [3.8, 4) is 0 Å². The van der Waals surface area contributed by atoms with Crippen molar-refractivity contribution in [2.75, 3.05) is 10.6 Å². The summed E-state index contributed by atoms with van der Waals surface area (Å²) in [4.78, 5) is 32.9. The molecule has 2 aromatic carbocycles. The first-order valence-corrected chi connectivity index (χ1v) is 8.28. The molecule has 0 unspecified atom stereocenters. The van der Waals surface area contributed by atoms with Gasteiger partial charge in [-0.2, -0.15) is 0 Å². The Hall–Kier alpha value is -3.28. The molecule has 0 saturated heterocycles. The highest BCUT2D eigenvalue weighted by molar-refractivity contribution is 6.06. The van der Waals surface area contributed by atoms with E-state index in [-0.39, 0.29) is 11.8 Å². The first-order chi connectivity index (χ1) is 12.3. The Morgan fingerprint density at radius 1 is 0.846 bits per heavy atom. The van der Waals surface area contributed by atoms with Gasteiger partial charge in [0, 0.05) is 23.9 Å². The number of carbonyl (C=O) groups excluding carboxylic acids is 2. The third-order valence-electron chi connectivity index (χ3n) is 4.23. The maximum Gasteiger partial charge on any atom is 0.255 e. The molecule has 0 aliphatic rings. The Bertz CT molecular complexity index is 1030. The van der Waals surface area contributed by atoms with Gasteiger partial charge in [0.1, 0.15) is 0 Å². The second kappa shape index (κ2) is 6.92.